The number of amides is 1. The Hall–Kier alpha value is -1.46. The van der Waals surface area contributed by atoms with Gasteiger partial charge in [-0.05, 0) is 42.5 Å². The Balaban J connectivity index is 1.99. The number of nitrogens with two attached hydrogens (primary N) is 1. The molecular formula is C15H21ClN2O3. The highest BCUT2D eigenvalue weighted by molar-refractivity contribution is 6.32. The molecule has 0 saturated heterocycles. The summed E-state index contributed by atoms with van der Waals surface area (Å²) < 4.78 is 10.6. The topological polar surface area (TPSA) is 73.6 Å². The minimum absolute atomic E-state index is 0.229. The number of primary amides is 1. The van der Waals surface area contributed by atoms with Crippen molar-refractivity contribution in [2.75, 3.05) is 20.3 Å². The van der Waals surface area contributed by atoms with Crippen molar-refractivity contribution < 1.29 is 14.3 Å². The quantitative estimate of drug-likeness (QED) is 0.769. The van der Waals surface area contributed by atoms with E-state index in [-0.39, 0.29) is 6.61 Å². The van der Waals surface area contributed by atoms with E-state index in [1.807, 2.05) is 12.1 Å². The number of ether oxygens (including phenoxy) is 2. The number of carbonyl (C=O) groups is 1. The van der Waals surface area contributed by atoms with Crippen LogP contribution < -0.4 is 20.5 Å². The Morgan fingerprint density at radius 1 is 1.52 bits per heavy atom. The fourth-order valence-electron chi connectivity index (χ4n) is 2.24. The van der Waals surface area contributed by atoms with Crippen LogP contribution in [0.5, 0.6) is 11.5 Å². The first-order valence-corrected chi connectivity index (χ1v) is 7.37. The Kier molecular flexibility index (Phi) is 5.31. The van der Waals surface area contributed by atoms with E-state index in [1.54, 1.807) is 0 Å². The van der Waals surface area contributed by atoms with Crippen molar-refractivity contribution in [3.05, 3.63) is 22.7 Å². The number of methoxy groups -OCH3 is 1. The van der Waals surface area contributed by atoms with Gasteiger partial charge in [0.25, 0.3) is 5.91 Å². The van der Waals surface area contributed by atoms with Gasteiger partial charge in [0.05, 0.1) is 12.1 Å². The second-order valence-electron chi connectivity index (χ2n) is 5.47. The molecule has 116 valence electrons. The zero-order valence-electron chi connectivity index (χ0n) is 12.3. The molecule has 0 aliphatic heterocycles. The van der Waals surface area contributed by atoms with Crippen LogP contribution in [0.15, 0.2) is 12.1 Å². The lowest BCUT2D eigenvalue weighted by atomic mass is 10.2. The van der Waals surface area contributed by atoms with Crippen molar-refractivity contribution in [3.63, 3.8) is 0 Å². The van der Waals surface area contributed by atoms with Gasteiger partial charge in [-0.25, -0.2) is 0 Å². The molecule has 1 amide bonds. The van der Waals surface area contributed by atoms with Gasteiger partial charge in [0.1, 0.15) is 0 Å². The number of nitrogens with one attached hydrogen (secondary N) is 1. The first kappa shape index (κ1) is 15.9. The molecule has 0 spiro atoms. The van der Waals surface area contributed by atoms with Crippen LogP contribution in [0.1, 0.15) is 18.9 Å². The van der Waals surface area contributed by atoms with Gasteiger partial charge in [0.15, 0.2) is 18.1 Å². The molecule has 0 bridgehead atoms. The molecule has 0 aromatic heterocycles. The summed E-state index contributed by atoms with van der Waals surface area (Å²) in [5.41, 5.74) is 6.08. The lowest BCUT2D eigenvalue weighted by Gasteiger charge is -2.13. The van der Waals surface area contributed by atoms with Crippen molar-refractivity contribution in [1.82, 2.24) is 5.32 Å². The summed E-state index contributed by atoms with van der Waals surface area (Å²) in [5, 5.41) is 3.82. The average molecular weight is 313 g/mol. The van der Waals surface area contributed by atoms with Crippen molar-refractivity contribution in [2.45, 2.75) is 19.9 Å². The molecule has 1 saturated carbocycles. The van der Waals surface area contributed by atoms with Crippen molar-refractivity contribution in [3.8, 4) is 11.5 Å². The molecule has 1 aliphatic carbocycles. The highest BCUT2D eigenvalue weighted by atomic mass is 35.5. The van der Waals surface area contributed by atoms with E-state index in [0.29, 0.717) is 16.5 Å². The van der Waals surface area contributed by atoms with Crippen LogP contribution in [0, 0.1) is 11.8 Å². The summed E-state index contributed by atoms with van der Waals surface area (Å²) in [6.45, 7) is 3.76. The van der Waals surface area contributed by atoms with Crippen molar-refractivity contribution in [2.24, 2.45) is 17.6 Å². The summed E-state index contributed by atoms with van der Waals surface area (Å²) in [4.78, 5) is 10.8. The number of carbonyl (C=O) groups excluding carboxylic acids is 1. The van der Waals surface area contributed by atoms with Gasteiger partial charge in [0.2, 0.25) is 0 Å². The standard InChI is InChI=1S/C15H21ClN2O3/c1-9-3-11(9)7-18-6-10-4-12(16)15(13(5-10)20-2)21-8-14(17)19/h4-5,9,11,18H,3,6-8H2,1-2H3,(H2,17,19). The second-order valence-corrected chi connectivity index (χ2v) is 5.88. The summed E-state index contributed by atoms with van der Waals surface area (Å²) in [5.74, 6) is 1.91. The Bertz CT molecular complexity index is 522. The summed E-state index contributed by atoms with van der Waals surface area (Å²) in [7, 11) is 1.53. The molecule has 2 rings (SSSR count). The maximum absolute atomic E-state index is 10.8. The number of halogens is 1. The number of rotatable bonds is 8. The number of hydrogen-bond acceptors (Lipinski definition) is 4. The zero-order valence-corrected chi connectivity index (χ0v) is 13.1. The molecule has 6 heteroatoms. The first-order chi connectivity index (χ1) is 10.0. The van der Waals surface area contributed by atoms with E-state index >= 15 is 0 Å². The Labute approximate surface area is 129 Å². The highest BCUT2D eigenvalue weighted by Gasteiger charge is 2.31. The molecule has 2 atom stereocenters. The van der Waals surface area contributed by atoms with E-state index in [2.05, 4.69) is 12.2 Å². The third-order valence-corrected chi connectivity index (χ3v) is 3.94. The first-order valence-electron chi connectivity index (χ1n) is 6.99. The zero-order chi connectivity index (χ0) is 15.4. The van der Waals surface area contributed by atoms with Crippen LogP contribution in [0.4, 0.5) is 0 Å². The lowest BCUT2D eigenvalue weighted by Crippen LogP contribution is -2.20. The minimum atomic E-state index is -0.558. The maximum atomic E-state index is 10.8. The molecule has 1 aliphatic rings. The van der Waals surface area contributed by atoms with Gasteiger partial charge in [0, 0.05) is 6.54 Å². The van der Waals surface area contributed by atoms with Crippen LogP contribution in [-0.4, -0.2) is 26.2 Å². The van der Waals surface area contributed by atoms with Gasteiger partial charge in [-0.1, -0.05) is 18.5 Å². The lowest BCUT2D eigenvalue weighted by molar-refractivity contribution is -0.119. The normalized spacial score (nSPS) is 20.1. The van der Waals surface area contributed by atoms with E-state index in [0.717, 1.165) is 30.5 Å². The molecule has 2 unspecified atom stereocenters. The molecule has 5 nitrogen and oxygen atoms in total. The molecule has 3 N–H and O–H groups in total. The van der Waals surface area contributed by atoms with Gasteiger partial charge in [-0.3, -0.25) is 4.79 Å². The molecular weight excluding hydrogens is 292 g/mol. The molecule has 1 fully saturated rings. The predicted octanol–water partition coefficient (Wildman–Crippen LogP) is 1.96. The summed E-state index contributed by atoms with van der Waals surface area (Å²) in [6, 6.07) is 3.66. The molecule has 1 aromatic rings. The highest BCUT2D eigenvalue weighted by Crippen LogP contribution is 2.38. The fourth-order valence-corrected chi connectivity index (χ4v) is 2.53. The van der Waals surface area contributed by atoms with Crippen LogP contribution in [0.2, 0.25) is 5.02 Å². The third-order valence-electron chi connectivity index (χ3n) is 3.66. The summed E-state index contributed by atoms with van der Waals surface area (Å²) in [6.07, 6.45) is 1.30. The third kappa shape index (κ3) is 4.51. The van der Waals surface area contributed by atoms with E-state index < -0.39 is 5.91 Å². The monoisotopic (exact) mass is 312 g/mol. The van der Waals surface area contributed by atoms with Crippen LogP contribution >= 0.6 is 11.6 Å². The van der Waals surface area contributed by atoms with Crippen LogP contribution in [0.25, 0.3) is 0 Å². The smallest absolute Gasteiger partial charge is 0.255 e. The molecule has 0 heterocycles. The average Bonchev–Trinajstić information content (AvgIpc) is 3.12. The van der Waals surface area contributed by atoms with Crippen LogP contribution in [0.3, 0.4) is 0 Å². The second kappa shape index (κ2) is 7.00. The Morgan fingerprint density at radius 2 is 2.24 bits per heavy atom. The number of hydrogen-bond donors (Lipinski definition) is 2. The molecule has 21 heavy (non-hydrogen) atoms. The van der Waals surface area contributed by atoms with Crippen LogP contribution in [-0.2, 0) is 11.3 Å². The SMILES string of the molecule is COc1cc(CNCC2CC2C)cc(Cl)c1OCC(N)=O. The fraction of sp³-hybridized carbons (Fsp3) is 0.533. The minimum Gasteiger partial charge on any atom is -0.493 e. The Morgan fingerprint density at radius 3 is 2.81 bits per heavy atom. The molecule has 1 aromatic carbocycles. The number of benzene rings is 1. The van der Waals surface area contributed by atoms with E-state index in [4.69, 9.17) is 26.8 Å². The van der Waals surface area contributed by atoms with E-state index in [1.165, 1.54) is 13.5 Å². The maximum Gasteiger partial charge on any atom is 0.255 e. The molecule has 0 radical (unpaired) electrons. The van der Waals surface area contributed by atoms with Gasteiger partial charge >= 0.3 is 0 Å². The van der Waals surface area contributed by atoms with Gasteiger partial charge in [-0.2, -0.15) is 0 Å². The predicted molar refractivity (Wildman–Crippen MR) is 81.7 cm³/mol. The van der Waals surface area contributed by atoms with Crippen molar-refractivity contribution in [1.29, 1.82) is 0 Å². The van der Waals surface area contributed by atoms with Gasteiger partial charge in [-0.15, -0.1) is 0 Å². The summed E-state index contributed by atoms with van der Waals surface area (Å²) >= 11 is 6.19. The van der Waals surface area contributed by atoms with Crippen molar-refractivity contribution >= 4 is 17.5 Å². The van der Waals surface area contributed by atoms with Gasteiger partial charge < -0.3 is 20.5 Å². The van der Waals surface area contributed by atoms with E-state index in [9.17, 15) is 4.79 Å². The largest absolute Gasteiger partial charge is 0.493 e.